The van der Waals surface area contributed by atoms with Crippen LogP contribution in [0.1, 0.15) is 27.5 Å². The van der Waals surface area contributed by atoms with Crippen molar-refractivity contribution in [1.82, 2.24) is 10.7 Å². The highest BCUT2D eigenvalue weighted by Gasteiger charge is 2.47. The first-order valence-corrected chi connectivity index (χ1v) is 10.1. The van der Waals surface area contributed by atoms with E-state index >= 15 is 0 Å². The standard InChI is InChI=1S/C23H17Cl2N3O2/c24-18-10-6-16(7-11-18)21-20(26-22(29)17-8-12-19(25)13-9-17)23(30)27-28(21)14-15-4-2-1-3-5-15/h1-14,20-21H,(H-,26,27,29,30)/p+1/b28-14-/t20-,21-/m1/s1. The van der Waals surface area contributed by atoms with Crippen molar-refractivity contribution in [3.8, 4) is 0 Å². The summed E-state index contributed by atoms with van der Waals surface area (Å²) in [6, 6.07) is 22.1. The third-order valence-corrected chi connectivity index (χ3v) is 5.33. The highest BCUT2D eigenvalue weighted by molar-refractivity contribution is 6.30. The van der Waals surface area contributed by atoms with Crippen molar-refractivity contribution in [2.75, 3.05) is 0 Å². The lowest BCUT2D eigenvalue weighted by Crippen LogP contribution is -2.42. The quantitative estimate of drug-likeness (QED) is 0.604. The average molecular weight is 439 g/mol. The van der Waals surface area contributed by atoms with Gasteiger partial charge in [0.1, 0.15) is 0 Å². The minimum absolute atomic E-state index is 0.301. The van der Waals surface area contributed by atoms with E-state index in [1.165, 1.54) is 0 Å². The molecule has 2 atom stereocenters. The minimum atomic E-state index is -0.797. The number of nitrogens with zero attached hydrogens (tertiary/aromatic N) is 1. The Hall–Kier alpha value is -3.15. The number of halogens is 2. The first-order chi connectivity index (χ1) is 14.5. The number of hydrazine groups is 1. The van der Waals surface area contributed by atoms with Gasteiger partial charge in [-0.05, 0) is 48.5 Å². The van der Waals surface area contributed by atoms with Crippen LogP contribution in [0.15, 0.2) is 78.9 Å². The lowest BCUT2D eigenvalue weighted by molar-refractivity contribution is -0.596. The Morgan fingerprint density at radius 3 is 2.13 bits per heavy atom. The van der Waals surface area contributed by atoms with Crippen LogP contribution in [0.25, 0.3) is 0 Å². The molecule has 0 spiro atoms. The molecule has 1 saturated heterocycles. The van der Waals surface area contributed by atoms with Crippen LogP contribution in [0.2, 0.25) is 10.0 Å². The highest BCUT2D eigenvalue weighted by Crippen LogP contribution is 2.27. The fourth-order valence-electron chi connectivity index (χ4n) is 3.37. The Morgan fingerprint density at radius 1 is 0.900 bits per heavy atom. The van der Waals surface area contributed by atoms with Crippen molar-refractivity contribution in [3.05, 3.63) is 106 Å². The summed E-state index contributed by atoms with van der Waals surface area (Å²) in [4.78, 5) is 25.6. The van der Waals surface area contributed by atoms with E-state index in [9.17, 15) is 9.59 Å². The van der Waals surface area contributed by atoms with Crippen molar-refractivity contribution < 1.29 is 14.3 Å². The summed E-state index contributed by atoms with van der Waals surface area (Å²) in [6.07, 6.45) is 1.84. The summed E-state index contributed by atoms with van der Waals surface area (Å²) in [6.45, 7) is 0. The zero-order chi connectivity index (χ0) is 21.1. The molecular weight excluding hydrogens is 421 g/mol. The van der Waals surface area contributed by atoms with E-state index in [4.69, 9.17) is 23.2 Å². The van der Waals surface area contributed by atoms with E-state index in [0.717, 1.165) is 11.1 Å². The summed E-state index contributed by atoms with van der Waals surface area (Å²) in [5.41, 5.74) is 5.03. The largest absolute Gasteiger partial charge is 0.334 e. The van der Waals surface area contributed by atoms with Gasteiger partial charge < -0.3 is 5.32 Å². The minimum Gasteiger partial charge on any atom is -0.334 e. The Bertz CT molecular complexity index is 1100. The predicted molar refractivity (Wildman–Crippen MR) is 117 cm³/mol. The molecule has 1 heterocycles. The molecule has 0 aromatic heterocycles. The molecule has 1 aliphatic rings. The molecule has 7 heteroatoms. The Labute approximate surface area is 183 Å². The van der Waals surface area contributed by atoms with Crippen LogP contribution in [-0.2, 0) is 4.79 Å². The van der Waals surface area contributed by atoms with Crippen LogP contribution in [0.3, 0.4) is 0 Å². The second-order valence-corrected chi connectivity index (χ2v) is 7.75. The van der Waals surface area contributed by atoms with Gasteiger partial charge in [-0.25, -0.2) is 0 Å². The summed E-state index contributed by atoms with van der Waals surface area (Å²) in [7, 11) is 0. The molecule has 4 rings (SSSR count). The fraction of sp³-hybridized carbons (Fsp3) is 0.0870. The SMILES string of the molecule is O=C(N[C@H]1C(=O)N/[N+](=C\c2ccccc2)[C@@H]1c1ccc(Cl)cc1)c1ccc(Cl)cc1. The maximum atomic E-state index is 12.8. The number of hydrogen-bond donors (Lipinski definition) is 2. The number of hydrazone groups is 1. The van der Waals surface area contributed by atoms with Gasteiger partial charge in [0.2, 0.25) is 12.3 Å². The zero-order valence-corrected chi connectivity index (χ0v) is 17.3. The van der Waals surface area contributed by atoms with Gasteiger partial charge >= 0.3 is 5.91 Å². The van der Waals surface area contributed by atoms with E-state index in [2.05, 4.69) is 10.7 Å². The Morgan fingerprint density at radius 2 is 1.50 bits per heavy atom. The summed E-state index contributed by atoms with van der Waals surface area (Å²) < 4.78 is 1.72. The molecule has 3 aromatic rings. The molecule has 1 aliphatic heterocycles. The number of hydrogen-bond acceptors (Lipinski definition) is 2. The van der Waals surface area contributed by atoms with Crippen LogP contribution in [0.5, 0.6) is 0 Å². The lowest BCUT2D eigenvalue weighted by Gasteiger charge is -2.15. The fourth-order valence-corrected chi connectivity index (χ4v) is 3.62. The van der Waals surface area contributed by atoms with Crippen LogP contribution in [0, 0.1) is 0 Å². The molecule has 0 saturated carbocycles. The number of benzene rings is 3. The van der Waals surface area contributed by atoms with E-state index < -0.39 is 12.1 Å². The van der Waals surface area contributed by atoms with Gasteiger partial charge in [0.05, 0.1) is 0 Å². The van der Waals surface area contributed by atoms with Crippen molar-refractivity contribution in [1.29, 1.82) is 0 Å². The van der Waals surface area contributed by atoms with Gasteiger partial charge in [0.25, 0.3) is 5.91 Å². The zero-order valence-electron chi connectivity index (χ0n) is 15.8. The summed E-state index contributed by atoms with van der Waals surface area (Å²) >= 11 is 11.9. The average Bonchev–Trinajstić information content (AvgIpc) is 3.04. The number of amides is 2. The van der Waals surface area contributed by atoms with Gasteiger partial charge in [0.15, 0.2) is 6.04 Å². The van der Waals surface area contributed by atoms with Gasteiger partial charge in [-0.1, -0.05) is 53.5 Å². The van der Waals surface area contributed by atoms with E-state index in [0.29, 0.717) is 15.6 Å². The molecule has 30 heavy (non-hydrogen) atoms. The smallest absolute Gasteiger partial charge is 0.304 e. The molecule has 0 radical (unpaired) electrons. The molecule has 2 N–H and O–H groups in total. The molecular formula is C23H18Cl2N3O2+. The second kappa shape index (κ2) is 8.69. The van der Waals surface area contributed by atoms with Crippen molar-refractivity contribution in [2.45, 2.75) is 12.1 Å². The van der Waals surface area contributed by atoms with Gasteiger partial charge in [-0.15, -0.1) is 10.1 Å². The normalized spacial score (nSPS) is 19.5. The monoisotopic (exact) mass is 438 g/mol. The van der Waals surface area contributed by atoms with E-state index in [1.54, 1.807) is 41.1 Å². The molecule has 3 aromatic carbocycles. The van der Waals surface area contributed by atoms with Crippen LogP contribution in [-0.4, -0.2) is 28.8 Å². The van der Waals surface area contributed by atoms with Crippen LogP contribution < -0.4 is 10.7 Å². The third kappa shape index (κ3) is 4.37. The molecule has 2 amide bonds. The summed E-state index contributed by atoms with van der Waals surface area (Å²) in [5.74, 6) is -0.656. The summed E-state index contributed by atoms with van der Waals surface area (Å²) in [5, 5.41) is 3.98. The number of rotatable bonds is 4. The third-order valence-electron chi connectivity index (χ3n) is 4.83. The molecule has 1 fully saturated rings. The number of carbonyl (C=O) groups excluding carboxylic acids is 2. The number of nitrogens with one attached hydrogen (secondary N) is 2. The molecule has 0 aliphatic carbocycles. The van der Waals surface area contributed by atoms with Gasteiger partial charge in [-0.2, -0.15) is 0 Å². The number of carbonyl (C=O) groups is 2. The van der Waals surface area contributed by atoms with E-state index in [1.807, 2.05) is 48.7 Å². The molecule has 150 valence electrons. The van der Waals surface area contributed by atoms with Gasteiger partial charge in [-0.3, -0.25) is 9.59 Å². The van der Waals surface area contributed by atoms with Crippen LogP contribution in [0.4, 0.5) is 0 Å². The van der Waals surface area contributed by atoms with E-state index in [-0.39, 0.29) is 11.8 Å². The van der Waals surface area contributed by atoms with Crippen molar-refractivity contribution >= 4 is 41.2 Å². The molecule has 0 unspecified atom stereocenters. The van der Waals surface area contributed by atoms with Crippen LogP contribution >= 0.6 is 23.2 Å². The first-order valence-electron chi connectivity index (χ1n) is 9.32. The maximum Gasteiger partial charge on any atom is 0.304 e. The second-order valence-electron chi connectivity index (χ2n) is 6.88. The predicted octanol–water partition coefficient (Wildman–Crippen LogP) is 4.01. The Kier molecular flexibility index (Phi) is 5.84. The molecule has 0 bridgehead atoms. The van der Waals surface area contributed by atoms with Gasteiger partial charge in [0, 0.05) is 26.7 Å². The van der Waals surface area contributed by atoms with Crippen molar-refractivity contribution in [3.63, 3.8) is 0 Å². The highest BCUT2D eigenvalue weighted by atomic mass is 35.5. The van der Waals surface area contributed by atoms with Crippen molar-refractivity contribution in [2.24, 2.45) is 0 Å². The lowest BCUT2D eigenvalue weighted by atomic mass is 10.00. The maximum absolute atomic E-state index is 12.8. The topological polar surface area (TPSA) is 61.2 Å². The first kappa shape index (κ1) is 20.1. The Balaban J connectivity index is 1.69. The molecule has 5 nitrogen and oxygen atoms in total.